The molecule has 1 fully saturated rings. The first kappa shape index (κ1) is 13.2. The minimum atomic E-state index is -1.26. The number of hydrogen-bond donors (Lipinski definition) is 1. The van der Waals surface area contributed by atoms with Crippen LogP contribution in [-0.4, -0.2) is 22.9 Å². The van der Waals surface area contributed by atoms with Crippen molar-refractivity contribution in [2.75, 3.05) is 4.90 Å². The van der Waals surface area contributed by atoms with Gasteiger partial charge >= 0.3 is 5.97 Å². The number of rotatable bonds is 2. The molecule has 1 aromatic carbocycles. The van der Waals surface area contributed by atoms with E-state index in [2.05, 4.69) is 0 Å². The van der Waals surface area contributed by atoms with E-state index in [0.717, 1.165) is 17.0 Å². The molecule has 2 rings (SSSR count). The number of aromatic carboxylic acids is 1. The highest BCUT2D eigenvalue weighted by molar-refractivity contribution is 6.15. The molecule has 1 aromatic rings. The zero-order valence-corrected chi connectivity index (χ0v) is 10.1. The van der Waals surface area contributed by atoms with Gasteiger partial charge in [-0.05, 0) is 31.0 Å². The largest absolute Gasteiger partial charge is 0.478 e. The molecule has 0 saturated carbocycles. The number of hydrogen-bond acceptors (Lipinski definition) is 3. The summed E-state index contributed by atoms with van der Waals surface area (Å²) in [6.07, 6.45) is 1.56. The van der Waals surface area contributed by atoms with Crippen LogP contribution in [0.5, 0.6) is 0 Å². The number of anilines is 1. The quantitative estimate of drug-likeness (QED) is 0.829. The van der Waals surface area contributed by atoms with E-state index in [1.165, 1.54) is 6.07 Å². The van der Waals surface area contributed by atoms with Crippen molar-refractivity contribution in [2.45, 2.75) is 25.7 Å². The van der Waals surface area contributed by atoms with E-state index in [1.54, 1.807) is 0 Å². The van der Waals surface area contributed by atoms with Crippen LogP contribution in [0, 0.1) is 5.82 Å². The van der Waals surface area contributed by atoms with Gasteiger partial charge in [-0.15, -0.1) is 0 Å². The van der Waals surface area contributed by atoms with Crippen LogP contribution >= 0.6 is 0 Å². The number of carbonyl (C=O) groups is 3. The van der Waals surface area contributed by atoms with Gasteiger partial charge in [0.15, 0.2) is 0 Å². The zero-order chi connectivity index (χ0) is 14.0. The van der Waals surface area contributed by atoms with Gasteiger partial charge in [-0.3, -0.25) is 9.59 Å². The van der Waals surface area contributed by atoms with Crippen LogP contribution in [-0.2, 0) is 9.59 Å². The molecule has 5 nitrogen and oxygen atoms in total. The molecule has 100 valence electrons. The topological polar surface area (TPSA) is 74.7 Å². The minimum Gasteiger partial charge on any atom is -0.478 e. The van der Waals surface area contributed by atoms with E-state index >= 15 is 0 Å². The number of imide groups is 1. The summed E-state index contributed by atoms with van der Waals surface area (Å²) >= 11 is 0. The maximum absolute atomic E-state index is 13.9. The van der Waals surface area contributed by atoms with Crippen LogP contribution in [0.3, 0.4) is 0 Å². The van der Waals surface area contributed by atoms with Crippen molar-refractivity contribution in [1.82, 2.24) is 0 Å². The van der Waals surface area contributed by atoms with Crippen molar-refractivity contribution in [3.63, 3.8) is 0 Å². The van der Waals surface area contributed by atoms with Crippen LogP contribution in [0.4, 0.5) is 10.1 Å². The van der Waals surface area contributed by atoms with Crippen LogP contribution in [0.1, 0.15) is 36.0 Å². The number of carboxylic acids is 1. The van der Waals surface area contributed by atoms with E-state index in [1.807, 2.05) is 0 Å². The molecule has 0 atom stereocenters. The fourth-order valence-corrected chi connectivity index (χ4v) is 2.01. The van der Waals surface area contributed by atoms with Crippen molar-refractivity contribution >= 4 is 23.5 Å². The molecule has 1 N–H and O–H groups in total. The highest BCUT2D eigenvalue weighted by Gasteiger charge is 2.28. The van der Waals surface area contributed by atoms with Crippen LogP contribution in [0.25, 0.3) is 0 Å². The maximum Gasteiger partial charge on any atom is 0.335 e. The molecule has 0 bridgehead atoms. The predicted octanol–water partition coefficient (Wildman–Crippen LogP) is 1.96. The smallest absolute Gasteiger partial charge is 0.335 e. The molecule has 0 aliphatic carbocycles. The number of benzene rings is 1. The maximum atomic E-state index is 13.9. The van der Waals surface area contributed by atoms with Crippen molar-refractivity contribution in [3.8, 4) is 0 Å². The normalized spacial score (nSPS) is 16.4. The molecule has 0 unspecified atom stereocenters. The Hall–Kier alpha value is -2.24. The van der Waals surface area contributed by atoms with Crippen LogP contribution in [0.2, 0.25) is 0 Å². The average molecular weight is 265 g/mol. The summed E-state index contributed by atoms with van der Waals surface area (Å²) in [5.74, 6) is -3.06. The van der Waals surface area contributed by atoms with Gasteiger partial charge < -0.3 is 5.11 Å². The number of nitrogens with zero attached hydrogens (tertiary/aromatic N) is 1. The molecule has 1 heterocycles. The molecule has 2 amide bonds. The van der Waals surface area contributed by atoms with Crippen molar-refractivity contribution in [2.24, 2.45) is 0 Å². The summed E-state index contributed by atoms with van der Waals surface area (Å²) in [4.78, 5) is 35.2. The van der Waals surface area contributed by atoms with Crippen molar-refractivity contribution in [3.05, 3.63) is 29.6 Å². The van der Waals surface area contributed by atoms with Crippen molar-refractivity contribution < 1.29 is 23.9 Å². The Morgan fingerprint density at radius 1 is 1.16 bits per heavy atom. The third kappa shape index (κ3) is 2.62. The third-order valence-electron chi connectivity index (χ3n) is 2.97. The second kappa shape index (κ2) is 5.17. The van der Waals surface area contributed by atoms with E-state index in [-0.39, 0.29) is 24.1 Å². The second-order valence-corrected chi connectivity index (χ2v) is 4.30. The lowest BCUT2D eigenvalue weighted by molar-refractivity contribution is -0.125. The lowest BCUT2D eigenvalue weighted by Gasteiger charge is -2.19. The van der Waals surface area contributed by atoms with Gasteiger partial charge in [0.05, 0.1) is 11.3 Å². The van der Waals surface area contributed by atoms with E-state index in [9.17, 15) is 18.8 Å². The fraction of sp³-hybridized carbons (Fsp3) is 0.308. The highest BCUT2D eigenvalue weighted by Crippen LogP contribution is 2.25. The monoisotopic (exact) mass is 265 g/mol. The van der Waals surface area contributed by atoms with E-state index in [0.29, 0.717) is 12.8 Å². The summed E-state index contributed by atoms with van der Waals surface area (Å²) in [5.41, 5.74) is -0.405. The van der Waals surface area contributed by atoms with Gasteiger partial charge in [0.2, 0.25) is 11.8 Å². The number of carboxylic acid groups (broad SMARTS) is 1. The molecule has 0 aromatic heterocycles. The first-order valence-corrected chi connectivity index (χ1v) is 5.89. The van der Waals surface area contributed by atoms with Crippen LogP contribution < -0.4 is 4.90 Å². The molecule has 6 heteroatoms. The first-order chi connectivity index (χ1) is 9.00. The Kier molecular flexibility index (Phi) is 3.59. The molecule has 0 spiro atoms. The molecule has 19 heavy (non-hydrogen) atoms. The van der Waals surface area contributed by atoms with Gasteiger partial charge in [0.25, 0.3) is 0 Å². The number of halogens is 1. The van der Waals surface area contributed by atoms with Crippen LogP contribution in [0.15, 0.2) is 18.2 Å². The summed E-state index contributed by atoms with van der Waals surface area (Å²) in [6.45, 7) is 0. The van der Waals surface area contributed by atoms with Gasteiger partial charge in [0.1, 0.15) is 5.82 Å². The molecule has 1 saturated heterocycles. The van der Waals surface area contributed by atoms with E-state index < -0.39 is 23.6 Å². The highest BCUT2D eigenvalue weighted by atomic mass is 19.1. The Morgan fingerprint density at radius 3 is 2.21 bits per heavy atom. The van der Waals surface area contributed by atoms with Gasteiger partial charge in [-0.1, -0.05) is 0 Å². The standard InChI is InChI=1S/C13H12FNO4/c14-9-7-8(13(18)19)5-6-10(9)15-11(16)3-1-2-4-12(15)17/h5-7H,1-4H2,(H,18,19). The molecule has 1 aliphatic rings. The first-order valence-electron chi connectivity index (χ1n) is 5.89. The SMILES string of the molecule is O=C(O)c1ccc(N2C(=O)CCCCC2=O)c(F)c1. The Morgan fingerprint density at radius 2 is 1.74 bits per heavy atom. The summed E-state index contributed by atoms with van der Waals surface area (Å²) < 4.78 is 13.9. The fourth-order valence-electron chi connectivity index (χ4n) is 2.01. The summed E-state index contributed by atoms with van der Waals surface area (Å²) in [5, 5.41) is 8.75. The summed E-state index contributed by atoms with van der Waals surface area (Å²) in [6, 6.07) is 3.13. The zero-order valence-electron chi connectivity index (χ0n) is 10.1. The molecule has 0 radical (unpaired) electrons. The lowest BCUT2D eigenvalue weighted by Crippen LogP contribution is -2.35. The molecule has 1 aliphatic heterocycles. The van der Waals surface area contributed by atoms with E-state index in [4.69, 9.17) is 5.11 Å². The number of amides is 2. The predicted molar refractivity (Wildman–Crippen MR) is 64.3 cm³/mol. The van der Waals surface area contributed by atoms with Gasteiger partial charge in [-0.25, -0.2) is 14.1 Å². The summed E-state index contributed by atoms with van der Waals surface area (Å²) in [7, 11) is 0. The minimum absolute atomic E-state index is 0.179. The Balaban J connectivity index is 2.42. The molecular formula is C13H12FNO4. The third-order valence-corrected chi connectivity index (χ3v) is 2.97. The molecular weight excluding hydrogens is 253 g/mol. The Labute approximate surface area is 108 Å². The Bertz CT molecular complexity index is 538. The number of carbonyl (C=O) groups excluding carboxylic acids is 2. The average Bonchev–Trinajstić information content (AvgIpc) is 2.51. The van der Waals surface area contributed by atoms with Crippen molar-refractivity contribution in [1.29, 1.82) is 0 Å². The van der Waals surface area contributed by atoms with Gasteiger partial charge in [-0.2, -0.15) is 0 Å². The van der Waals surface area contributed by atoms with Gasteiger partial charge in [0, 0.05) is 12.8 Å². The second-order valence-electron chi connectivity index (χ2n) is 4.30. The lowest BCUT2D eigenvalue weighted by atomic mass is 10.1.